The van der Waals surface area contributed by atoms with Crippen molar-refractivity contribution in [1.29, 1.82) is 0 Å². The predicted molar refractivity (Wildman–Crippen MR) is 278 cm³/mol. The van der Waals surface area contributed by atoms with Crippen LogP contribution in [0, 0.1) is 58.2 Å². The molecular formula is C51H66N18O3. The van der Waals surface area contributed by atoms with Crippen molar-refractivity contribution in [2.45, 2.75) is 78.5 Å². The van der Waals surface area contributed by atoms with Gasteiger partial charge in [-0.05, 0) is 75.7 Å². The summed E-state index contributed by atoms with van der Waals surface area (Å²) in [5, 5.41) is 0.0177. The maximum Gasteiger partial charge on any atom is 0.302 e. The number of likely N-dealkylation sites (N-methyl/N-ethyl adjacent to an activating group) is 3. The van der Waals surface area contributed by atoms with E-state index in [1.807, 2.05) is 0 Å². The Morgan fingerprint density at radius 1 is 0.611 bits per heavy atom. The molecule has 3 N–H and O–H groups in total. The van der Waals surface area contributed by atoms with Crippen LogP contribution in [0.15, 0.2) is 37.1 Å². The molecule has 0 spiro atoms. The maximum absolute atomic E-state index is 12.8. The van der Waals surface area contributed by atoms with E-state index in [2.05, 4.69) is 59.4 Å². The van der Waals surface area contributed by atoms with Crippen LogP contribution in [0.1, 0.15) is 102 Å². The summed E-state index contributed by atoms with van der Waals surface area (Å²) in [5.74, 6) is -14.0. The zero-order chi connectivity index (χ0) is 80.8. The summed E-state index contributed by atoms with van der Waals surface area (Å²) < 4.78 is 277. The molecule has 0 aromatic carbocycles. The maximum atomic E-state index is 12.8. The van der Waals surface area contributed by atoms with Crippen molar-refractivity contribution in [1.82, 2.24) is 59.6 Å². The molecule has 3 aliphatic rings. The Morgan fingerprint density at radius 2 is 1.00 bits per heavy atom. The van der Waals surface area contributed by atoms with Crippen LogP contribution < -0.4 is 14.7 Å². The van der Waals surface area contributed by atoms with E-state index in [0.717, 1.165) is 38.0 Å². The Balaban J connectivity index is 0.000000220. The Bertz CT molecular complexity index is 4550. The fourth-order valence-corrected chi connectivity index (χ4v) is 6.91. The first-order chi connectivity index (χ1) is 47.4. The number of hydrogen-bond acceptors (Lipinski definition) is 12. The van der Waals surface area contributed by atoms with Crippen LogP contribution in [0.3, 0.4) is 0 Å². The highest BCUT2D eigenvalue weighted by Crippen LogP contribution is 2.32. The molecule has 0 saturated carbocycles. The van der Waals surface area contributed by atoms with Crippen LogP contribution in [0.2, 0.25) is 0 Å². The van der Waals surface area contributed by atoms with Crippen molar-refractivity contribution >= 4 is 68.3 Å². The lowest BCUT2D eigenvalue weighted by Gasteiger charge is -2.41. The van der Waals surface area contributed by atoms with Gasteiger partial charge in [-0.15, -0.1) is 0 Å². The predicted octanol–water partition coefficient (Wildman–Crippen LogP) is 5.58. The average molecular weight is 1010 g/mol. The number of anilines is 3. The minimum absolute atomic E-state index is 0.00704. The number of carbonyl (C=O) groups is 3. The lowest BCUT2D eigenvalue weighted by Crippen LogP contribution is -2.53. The zero-order valence-corrected chi connectivity index (χ0v) is 39.0. The van der Waals surface area contributed by atoms with Crippen molar-refractivity contribution < 1.29 is 59.6 Å². The molecule has 21 nitrogen and oxygen atoms in total. The Morgan fingerprint density at radius 3 is 1.43 bits per heavy atom. The van der Waals surface area contributed by atoms with Gasteiger partial charge in [-0.1, -0.05) is 20.6 Å². The molecule has 9 rings (SSSR count). The van der Waals surface area contributed by atoms with Gasteiger partial charge in [-0.3, -0.25) is 14.4 Å². The van der Waals surface area contributed by atoms with Crippen molar-refractivity contribution in [2.24, 2.45) is 17.7 Å². The molecule has 0 bridgehead atoms. The fourth-order valence-electron chi connectivity index (χ4n) is 6.91. The van der Waals surface area contributed by atoms with Crippen LogP contribution in [-0.4, -0.2) is 175 Å². The van der Waals surface area contributed by atoms with Crippen LogP contribution in [0.5, 0.6) is 0 Å². The molecule has 3 saturated heterocycles. The Labute approximate surface area is 467 Å². The second-order valence-electron chi connectivity index (χ2n) is 15.3. The summed E-state index contributed by atoms with van der Waals surface area (Å²) in [6.45, 7) is -9.20. The van der Waals surface area contributed by atoms with Gasteiger partial charge in [0.05, 0.1) is 49.3 Å². The highest BCUT2D eigenvalue weighted by Gasteiger charge is 2.36. The van der Waals surface area contributed by atoms with Gasteiger partial charge in [0.2, 0.25) is 0 Å². The standard InChI is InChI=1S/3C17H22N6O/c3*1-11-5-6-23(15(24)8-18-3)9-14(11)22(4)17-13-7-12(2)21-16(13)19-10-20-17/h3*7,10-11,14H,5-6,8-9H2,1-2,4H3,(H,19,20,21)/t3*11-,14+/m111/s1/i1D3,5D2,6D2,7D,9D2,11D,14D;1D3,5D2,6D2,7D,9D2,14D;1D3,5D2,6D2,7D,9D2. The van der Waals surface area contributed by atoms with Gasteiger partial charge in [-0.25, -0.2) is 49.6 Å². The Hall–Kier alpha value is -7.86. The van der Waals surface area contributed by atoms with E-state index in [1.54, 1.807) is 13.8 Å². The van der Waals surface area contributed by atoms with Gasteiger partial charge in [0, 0.05) is 107 Å². The average Bonchev–Trinajstić information content (AvgIpc) is 1.19. The minimum Gasteiger partial charge on any atom is -0.354 e. The molecule has 21 heteroatoms. The van der Waals surface area contributed by atoms with Crippen molar-refractivity contribution in [2.75, 3.05) is 94.5 Å². The number of piperidine rings is 3. The number of likely N-dealkylation sites (tertiary alicyclic amines) is 3. The second kappa shape index (κ2) is 22.9. The van der Waals surface area contributed by atoms with Crippen molar-refractivity contribution in [3.8, 4) is 0 Å². The molecule has 6 aromatic heterocycles. The third kappa shape index (κ3) is 11.5. The van der Waals surface area contributed by atoms with Gasteiger partial charge < -0.3 is 58.9 Å². The number of aromatic amines is 3. The van der Waals surface area contributed by atoms with Crippen molar-refractivity contribution in [3.05, 3.63) is 88.4 Å². The highest BCUT2D eigenvalue weighted by atomic mass is 16.2. The Kier molecular flexibility index (Phi) is 7.65. The summed E-state index contributed by atoms with van der Waals surface area (Å²) in [4.78, 5) is 80.9. The molecule has 0 unspecified atom stereocenters. The molecule has 3 aliphatic heterocycles. The summed E-state index contributed by atoms with van der Waals surface area (Å²) in [7, 11) is 3.23. The summed E-state index contributed by atoms with van der Waals surface area (Å²) in [6, 6.07) is -9.19. The van der Waals surface area contributed by atoms with Crippen LogP contribution in [0.25, 0.3) is 47.6 Å². The van der Waals surface area contributed by atoms with E-state index in [4.69, 9.17) is 62.2 Å². The molecule has 3 fully saturated rings. The molecule has 72 heavy (non-hydrogen) atoms. The largest absolute Gasteiger partial charge is 0.354 e. The van der Waals surface area contributed by atoms with Gasteiger partial charge in [0.25, 0.3) is 19.6 Å². The zero-order valence-electron chi connectivity index (χ0n) is 72.0. The number of carbonyl (C=O) groups excluding carboxylic acids is 3. The molecule has 0 radical (unpaired) electrons. The highest BCUT2D eigenvalue weighted by molar-refractivity contribution is 5.90. The molecular weight excluding hydrogens is 913 g/mol. The van der Waals surface area contributed by atoms with Gasteiger partial charge in [0.15, 0.2) is 0 Å². The summed E-state index contributed by atoms with van der Waals surface area (Å²) >= 11 is 0. The number of nitrogens with zero attached hydrogens (tertiary/aromatic N) is 15. The normalized spacial score (nSPS) is 37.5. The number of nitrogens with one attached hydrogen (secondary N) is 3. The second-order valence-corrected chi connectivity index (χ2v) is 15.3. The first-order valence-corrected chi connectivity index (χ1v) is 21.0. The quantitative estimate of drug-likeness (QED) is 0.152. The number of H-pyrrole nitrogens is 3. The third-order valence-electron chi connectivity index (χ3n) is 10.3. The number of hydrogen-bond donors (Lipinski definition) is 3. The summed E-state index contributed by atoms with van der Waals surface area (Å²) in [5.41, 5.74) is 1.42. The van der Waals surface area contributed by atoms with Crippen LogP contribution >= 0.6 is 0 Å². The molecule has 0 aliphatic carbocycles. The molecule has 3 amide bonds. The number of aromatic nitrogens is 9. The van der Waals surface area contributed by atoms with Crippen LogP contribution in [0.4, 0.5) is 17.5 Å². The summed E-state index contributed by atoms with van der Waals surface area (Å²) in [6.07, 6.45) is -7.59. The van der Waals surface area contributed by atoms with Crippen LogP contribution in [-0.2, 0) is 14.4 Å². The smallest absolute Gasteiger partial charge is 0.302 e. The first kappa shape index (κ1) is 24.0. The van der Waals surface area contributed by atoms with E-state index < -0.39 is 158 Å². The van der Waals surface area contributed by atoms with Gasteiger partial charge in [-0.2, -0.15) is 0 Å². The van der Waals surface area contributed by atoms with Crippen molar-refractivity contribution in [3.63, 3.8) is 0 Å². The number of fused-ring (bicyclic) bond motifs is 3. The lowest BCUT2D eigenvalue weighted by atomic mass is 9.92. The lowest BCUT2D eigenvalue weighted by molar-refractivity contribution is -0.131. The van der Waals surface area contributed by atoms with E-state index in [9.17, 15) is 17.1 Å². The monoisotopic (exact) mass is 1010 g/mol. The number of amides is 3. The van der Waals surface area contributed by atoms with E-state index in [1.165, 1.54) is 14.0 Å². The number of aryl methyl sites for hydroxylation is 3. The first-order valence-electron chi connectivity index (χ1n) is 37.5. The molecule has 9 heterocycles. The van der Waals surface area contributed by atoms with Gasteiger partial charge >= 0.3 is 17.7 Å². The molecule has 378 valence electrons. The van der Waals surface area contributed by atoms with E-state index in [0.29, 0.717) is 26.9 Å². The fraction of sp³-hybridized carbons (Fsp3) is 0.529. The van der Waals surface area contributed by atoms with E-state index >= 15 is 0 Å². The number of rotatable bonds is 9. The molecule has 6 atom stereocenters. The van der Waals surface area contributed by atoms with E-state index in [-0.39, 0.29) is 77.6 Å². The van der Waals surface area contributed by atoms with Gasteiger partial charge in [0.1, 0.15) is 53.4 Å². The molecule has 6 aromatic rings. The minimum atomic E-state index is -3.89. The SMILES string of the molecule is [2H]c1c(C)[nH]c2ncnc(N(C)[C@@H]3[C@H](C([2H])([2H])[2H])C([2H])([2H])C([2H])([2H])N(C(=O)C[N+]#[C-])C3([2H])[2H])c12.[2H]c1c(C)[nH]c2ncnc(N(C)[C@@]3([2H])C([2H])([2H])N(C(=O)C[N+]#[C-])C([2H])([2H])C([2H])([2H])[C@@]3([2H])C([2H])([2H])[2H])c12.[2H]c1c(C)[nH]c2ncnc(N(C)[C@]3([2H])[C@H](C([2H])([2H])[2H])C([2H])([2H])C([2H])([2H])N(C(=O)C[N+]#[C-])C3([2H])[2H])c12. The third-order valence-corrected chi connectivity index (χ3v) is 10.3. The topological polar surface area (TPSA) is 208 Å².